The monoisotopic (exact) mass is 366 g/mol. The fraction of sp³-hybridized carbons (Fsp3) is 0.312. The SMILES string of the molecule is COc1ccc(Cl)cc1-c1noc(CCn2nc(C)c(Cl)c2C)n1. The van der Waals surface area contributed by atoms with Gasteiger partial charge in [0, 0.05) is 11.4 Å². The van der Waals surface area contributed by atoms with Crippen molar-refractivity contribution in [3.8, 4) is 17.1 Å². The molecule has 6 nitrogen and oxygen atoms in total. The molecule has 126 valence electrons. The molecule has 0 spiro atoms. The van der Waals surface area contributed by atoms with Crippen LogP contribution in [0.25, 0.3) is 11.4 Å². The first-order valence-electron chi connectivity index (χ1n) is 7.35. The van der Waals surface area contributed by atoms with Gasteiger partial charge in [-0.05, 0) is 32.0 Å². The van der Waals surface area contributed by atoms with Gasteiger partial charge in [0.2, 0.25) is 11.7 Å². The summed E-state index contributed by atoms with van der Waals surface area (Å²) < 4.78 is 12.5. The van der Waals surface area contributed by atoms with Crippen LogP contribution < -0.4 is 4.74 Å². The highest BCUT2D eigenvalue weighted by Crippen LogP contribution is 2.30. The lowest BCUT2D eigenvalue weighted by Gasteiger charge is -2.04. The molecule has 0 amide bonds. The zero-order valence-electron chi connectivity index (χ0n) is 13.5. The summed E-state index contributed by atoms with van der Waals surface area (Å²) in [4.78, 5) is 4.41. The summed E-state index contributed by atoms with van der Waals surface area (Å²) in [6, 6.07) is 5.26. The number of hydrogen-bond acceptors (Lipinski definition) is 5. The van der Waals surface area contributed by atoms with Gasteiger partial charge in [0.25, 0.3) is 0 Å². The van der Waals surface area contributed by atoms with Crippen LogP contribution in [0.2, 0.25) is 10.0 Å². The molecule has 24 heavy (non-hydrogen) atoms. The van der Waals surface area contributed by atoms with E-state index in [9.17, 15) is 0 Å². The maximum absolute atomic E-state index is 6.15. The Morgan fingerprint density at radius 1 is 1.25 bits per heavy atom. The van der Waals surface area contributed by atoms with Crippen molar-refractivity contribution in [3.63, 3.8) is 0 Å². The molecule has 0 fully saturated rings. The number of methoxy groups -OCH3 is 1. The van der Waals surface area contributed by atoms with Crippen molar-refractivity contribution < 1.29 is 9.26 Å². The molecule has 2 aromatic heterocycles. The smallest absolute Gasteiger partial charge is 0.228 e. The average molecular weight is 367 g/mol. The van der Waals surface area contributed by atoms with Gasteiger partial charge in [-0.3, -0.25) is 4.68 Å². The molecule has 0 bridgehead atoms. The number of hydrogen-bond donors (Lipinski definition) is 0. The minimum Gasteiger partial charge on any atom is -0.496 e. The lowest BCUT2D eigenvalue weighted by Crippen LogP contribution is -2.05. The lowest BCUT2D eigenvalue weighted by molar-refractivity contribution is 0.368. The van der Waals surface area contributed by atoms with Crippen molar-refractivity contribution in [2.24, 2.45) is 0 Å². The Morgan fingerprint density at radius 2 is 2.04 bits per heavy atom. The zero-order valence-corrected chi connectivity index (χ0v) is 15.0. The van der Waals surface area contributed by atoms with Gasteiger partial charge in [0.1, 0.15) is 5.75 Å². The van der Waals surface area contributed by atoms with Crippen LogP contribution in [0.1, 0.15) is 17.3 Å². The van der Waals surface area contributed by atoms with Crippen LogP contribution in [0, 0.1) is 13.8 Å². The van der Waals surface area contributed by atoms with Crippen LogP contribution in [-0.2, 0) is 13.0 Å². The maximum Gasteiger partial charge on any atom is 0.228 e. The molecule has 3 aromatic rings. The van der Waals surface area contributed by atoms with Gasteiger partial charge in [-0.2, -0.15) is 10.1 Å². The van der Waals surface area contributed by atoms with Gasteiger partial charge in [0.05, 0.1) is 35.6 Å². The van der Waals surface area contributed by atoms with Crippen LogP contribution in [0.3, 0.4) is 0 Å². The van der Waals surface area contributed by atoms with Crippen LogP contribution in [0.5, 0.6) is 5.75 Å². The van der Waals surface area contributed by atoms with Gasteiger partial charge in [-0.15, -0.1) is 0 Å². The molecule has 0 aliphatic heterocycles. The van der Waals surface area contributed by atoms with E-state index in [4.69, 9.17) is 32.5 Å². The zero-order chi connectivity index (χ0) is 17.3. The van der Waals surface area contributed by atoms with Crippen LogP contribution in [0.15, 0.2) is 22.7 Å². The summed E-state index contributed by atoms with van der Waals surface area (Å²) >= 11 is 12.2. The highest BCUT2D eigenvalue weighted by molar-refractivity contribution is 6.31. The number of nitrogens with zero attached hydrogens (tertiary/aromatic N) is 4. The van der Waals surface area contributed by atoms with Gasteiger partial charge in [-0.25, -0.2) is 0 Å². The minimum absolute atomic E-state index is 0.441. The average Bonchev–Trinajstić information content (AvgIpc) is 3.14. The molecule has 0 radical (unpaired) electrons. The minimum atomic E-state index is 0.441. The second-order valence-electron chi connectivity index (χ2n) is 5.31. The van der Waals surface area contributed by atoms with E-state index in [1.807, 2.05) is 18.5 Å². The summed E-state index contributed by atoms with van der Waals surface area (Å²) in [5.41, 5.74) is 2.42. The molecule has 0 saturated carbocycles. The standard InChI is InChI=1S/C16H16Cl2N4O2/c1-9-15(18)10(2)22(20-9)7-6-14-19-16(21-24-14)12-8-11(17)4-5-13(12)23-3/h4-5,8H,6-7H2,1-3H3. The molecule has 8 heteroatoms. The Hall–Kier alpha value is -2.05. The summed E-state index contributed by atoms with van der Waals surface area (Å²) in [6.45, 7) is 4.41. The first kappa shape index (κ1) is 16.8. The molecule has 0 N–H and O–H groups in total. The van der Waals surface area contributed by atoms with E-state index in [2.05, 4.69) is 15.2 Å². The van der Waals surface area contributed by atoms with Crippen LogP contribution >= 0.6 is 23.2 Å². The molecule has 1 aromatic carbocycles. The number of rotatable bonds is 5. The molecule has 0 atom stereocenters. The largest absolute Gasteiger partial charge is 0.496 e. The number of halogens is 2. The second-order valence-corrected chi connectivity index (χ2v) is 6.13. The van der Waals surface area contributed by atoms with Crippen molar-refractivity contribution >= 4 is 23.2 Å². The Kier molecular flexibility index (Phi) is 4.78. The van der Waals surface area contributed by atoms with Crippen LogP contribution in [-0.4, -0.2) is 27.0 Å². The van der Waals surface area contributed by atoms with Crippen molar-refractivity contribution in [2.45, 2.75) is 26.8 Å². The highest BCUT2D eigenvalue weighted by atomic mass is 35.5. The van der Waals surface area contributed by atoms with E-state index in [0.717, 1.165) is 11.4 Å². The molecule has 0 unspecified atom stereocenters. The highest BCUT2D eigenvalue weighted by Gasteiger charge is 2.15. The third-order valence-corrected chi connectivity index (χ3v) is 4.48. The quantitative estimate of drug-likeness (QED) is 0.679. The third-order valence-electron chi connectivity index (χ3n) is 3.70. The Labute approximate surface area is 149 Å². The number of aromatic nitrogens is 4. The number of benzene rings is 1. The van der Waals surface area contributed by atoms with Crippen molar-refractivity contribution in [1.82, 2.24) is 19.9 Å². The summed E-state index contributed by atoms with van der Waals surface area (Å²) in [5, 5.41) is 9.66. The second kappa shape index (κ2) is 6.83. The maximum atomic E-state index is 6.15. The molecule has 0 aliphatic carbocycles. The first-order chi connectivity index (χ1) is 11.5. The molecule has 2 heterocycles. The van der Waals surface area contributed by atoms with E-state index in [1.165, 1.54) is 0 Å². The van der Waals surface area contributed by atoms with E-state index in [1.54, 1.807) is 25.3 Å². The van der Waals surface area contributed by atoms with Crippen molar-refractivity contribution in [1.29, 1.82) is 0 Å². The summed E-state index contributed by atoms with van der Waals surface area (Å²) in [7, 11) is 1.58. The van der Waals surface area contributed by atoms with Gasteiger partial charge >= 0.3 is 0 Å². The van der Waals surface area contributed by atoms with E-state index in [-0.39, 0.29) is 0 Å². The summed E-state index contributed by atoms with van der Waals surface area (Å²) in [6.07, 6.45) is 0.550. The van der Waals surface area contributed by atoms with Crippen molar-refractivity contribution in [3.05, 3.63) is 45.5 Å². The van der Waals surface area contributed by atoms with Crippen molar-refractivity contribution in [2.75, 3.05) is 7.11 Å². The Morgan fingerprint density at radius 3 is 2.71 bits per heavy atom. The number of aryl methyl sites for hydroxylation is 3. The first-order valence-corrected chi connectivity index (χ1v) is 8.11. The Bertz CT molecular complexity index is 873. The molecule has 3 rings (SSSR count). The van der Waals surface area contributed by atoms with Gasteiger partial charge in [-0.1, -0.05) is 28.4 Å². The van der Waals surface area contributed by atoms with E-state index < -0.39 is 0 Å². The van der Waals surface area contributed by atoms with Gasteiger partial charge in [0.15, 0.2) is 0 Å². The molecule has 0 aliphatic rings. The summed E-state index contributed by atoms with van der Waals surface area (Å²) in [5.74, 6) is 1.59. The third kappa shape index (κ3) is 3.25. The van der Waals surface area contributed by atoms with Gasteiger partial charge < -0.3 is 9.26 Å². The normalized spacial score (nSPS) is 11.0. The lowest BCUT2D eigenvalue weighted by atomic mass is 10.2. The Balaban J connectivity index is 1.79. The fourth-order valence-corrected chi connectivity index (χ4v) is 2.72. The fourth-order valence-electron chi connectivity index (χ4n) is 2.42. The topological polar surface area (TPSA) is 66.0 Å². The molecule has 0 saturated heterocycles. The van der Waals surface area contributed by atoms with Crippen LogP contribution in [0.4, 0.5) is 0 Å². The number of ether oxygens (including phenoxy) is 1. The molecular formula is C16H16Cl2N4O2. The van der Waals surface area contributed by atoms with E-state index >= 15 is 0 Å². The molecular weight excluding hydrogens is 351 g/mol. The van der Waals surface area contributed by atoms with E-state index in [0.29, 0.717) is 46.0 Å². The predicted octanol–water partition coefficient (Wildman–Crippen LogP) is 4.11. The predicted molar refractivity (Wildman–Crippen MR) is 91.7 cm³/mol.